The van der Waals surface area contributed by atoms with Crippen molar-refractivity contribution in [3.8, 4) is 11.4 Å². The molecule has 2 aromatic heterocycles. The van der Waals surface area contributed by atoms with Crippen LogP contribution in [0.15, 0.2) is 48.8 Å². The predicted octanol–water partition coefficient (Wildman–Crippen LogP) is 1.32. The lowest BCUT2D eigenvalue weighted by molar-refractivity contribution is 0.824. The molecule has 3 heteroatoms. The van der Waals surface area contributed by atoms with Gasteiger partial charge in [0.15, 0.2) is 0 Å². The molecule has 0 atom stereocenters. The first kappa shape index (κ1) is 9.35. The molecular weight excluding hydrogens is 164 g/mol. The Bertz CT molecular complexity index is 310. The molecule has 0 aliphatic carbocycles. The van der Waals surface area contributed by atoms with Gasteiger partial charge in [-0.1, -0.05) is 12.1 Å². The van der Waals surface area contributed by atoms with Gasteiger partial charge in [-0.05, 0) is 24.3 Å². The van der Waals surface area contributed by atoms with Gasteiger partial charge in [-0.15, -0.1) is 0 Å². The quantitative estimate of drug-likeness (QED) is 0.654. The minimum absolute atomic E-state index is 0. The van der Waals surface area contributed by atoms with E-state index >= 15 is 0 Å². The van der Waals surface area contributed by atoms with Gasteiger partial charge >= 0.3 is 0 Å². The Morgan fingerprint density at radius 2 is 1.15 bits per heavy atom. The molecule has 0 spiro atoms. The Balaban J connectivity index is 0.000000845. The lowest BCUT2D eigenvalue weighted by Gasteiger charge is -1.96. The van der Waals surface area contributed by atoms with Crippen molar-refractivity contribution in [1.29, 1.82) is 0 Å². The fourth-order valence-electron chi connectivity index (χ4n) is 1.03. The van der Waals surface area contributed by atoms with E-state index in [4.69, 9.17) is 0 Å². The van der Waals surface area contributed by atoms with Crippen LogP contribution in [0, 0.1) is 0 Å². The van der Waals surface area contributed by atoms with E-state index in [0.29, 0.717) is 0 Å². The van der Waals surface area contributed by atoms with E-state index in [1.807, 2.05) is 36.4 Å². The normalized spacial score (nSPS) is 8.92. The van der Waals surface area contributed by atoms with Crippen molar-refractivity contribution in [2.24, 2.45) is 0 Å². The van der Waals surface area contributed by atoms with Gasteiger partial charge in [-0.2, -0.15) is 0 Å². The second-order valence-corrected chi connectivity index (χ2v) is 2.43. The van der Waals surface area contributed by atoms with E-state index in [9.17, 15) is 0 Å². The average Bonchev–Trinajstić information content (AvgIpc) is 2.21. The van der Waals surface area contributed by atoms with Gasteiger partial charge in [0.2, 0.25) is 0 Å². The van der Waals surface area contributed by atoms with Crippen LogP contribution in [0.4, 0.5) is 0 Å². The number of hydrogen-bond donors (Lipinski definition) is 0. The molecule has 0 unspecified atom stereocenters. The molecule has 0 aliphatic heterocycles. The van der Waals surface area contributed by atoms with Gasteiger partial charge in [0.25, 0.3) is 0 Å². The van der Waals surface area contributed by atoms with E-state index in [-0.39, 0.29) is 5.48 Å². The maximum Gasteiger partial charge on any atom is 0.0886 e. The van der Waals surface area contributed by atoms with E-state index in [1.165, 1.54) is 0 Å². The van der Waals surface area contributed by atoms with Crippen LogP contribution in [-0.2, 0) is 0 Å². The highest BCUT2D eigenvalue weighted by Gasteiger charge is 1.95. The lowest BCUT2D eigenvalue weighted by atomic mass is 10.2. The van der Waals surface area contributed by atoms with Crippen molar-refractivity contribution in [2.75, 3.05) is 0 Å². The Labute approximate surface area is 76.4 Å². The molecule has 0 bridgehead atoms. The third kappa shape index (κ3) is 2.10. The highest BCUT2D eigenvalue weighted by molar-refractivity contribution is 5.52. The number of rotatable bonds is 1. The van der Waals surface area contributed by atoms with Crippen molar-refractivity contribution in [1.82, 2.24) is 9.97 Å². The molecule has 2 N–H and O–H groups in total. The highest BCUT2D eigenvalue weighted by Crippen LogP contribution is 2.10. The molecule has 0 saturated carbocycles. The Morgan fingerprint density at radius 3 is 1.46 bits per heavy atom. The third-order valence-corrected chi connectivity index (χ3v) is 1.59. The minimum atomic E-state index is 0. The molecule has 0 aliphatic rings. The maximum absolute atomic E-state index is 4.19. The first-order valence-corrected chi connectivity index (χ1v) is 3.79. The second-order valence-electron chi connectivity index (χ2n) is 2.43. The van der Waals surface area contributed by atoms with Crippen molar-refractivity contribution >= 4 is 0 Å². The molecule has 66 valence electrons. The van der Waals surface area contributed by atoms with Crippen LogP contribution in [0.5, 0.6) is 0 Å². The average molecular weight is 174 g/mol. The van der Waals surface area contributed by atoms with Crippen LogP contribution >= 0.6 is 0 Å². The molecule has 2 aromatic rings. The van der Waals surface area contributed by atoms with E-state index in [2.05, 4.69) is 9.97 Å². The van der Waals surface area contributed by atoms with Crippen LogP contribution in [0.3, 0.4) is 0 Å². The van der Waals surface area contributed by atoms with Crippen molar-refractivity contribution in [2.45, 2.75) is 0 Å². The molecule has 0 aromatic carbocycles. The van der Waals surface area contributed by atoms with Gasteiger partial charge in [-0.3, -0.25) is 9.97 Å². The van der Waals surface area contributed by atoms with E-state index in [0.717, 1.165) is 11.4 Å². The molecule has 2 heterocycles. The minimum Gasteiger partial charge on any atom is -0.412 e. The molecule has 0 amide bonds. The summed E-state index contributed by atoms with van der Waals surface area (Å²) < 4.78 is 0. The van der Waals surface area contributed by atoms with Gasteiger partial charge in [0.05, 0.1) is 11.4 Å². The standard InChI is InChI=1S/C10H8N2.H2O/c1-3-7-11-9(5-1)10-6-2-4-8-12-10;/h1-8H;1H2. The van der Waals surface area contributed by atoms with Gasteiger partial charge in [0, 0.05) is 12.4 Å². The smallest absolute Gasteiger partial charge is 0.0886 e. The summed E-state index contributed by atoms with van der Waals surface area (Å²) in [6, 6.07) is 11.6. The van der Waals surface area contributed by atoms with E-state index in [1.54, 1.807) is 12.4 Å². The van der Waals surface area contributed by atoms with Gasteiger partial charge < -0.3 is 5.48 Å². The first-order valence-electron chi connectivity index (χ1n) is 3.79. The zero-order valence-corrected chi connectivity index (χ0v) is 7.01. The number of aromatic nitrogens is 2. The van der Waals surface area contributed by atoms with Crippen LogP contribution in [0.25, 0.3) is 11.4 Å². The fourth-order valence-corrected chi connectivity index (χ4v) is 1.03. The van der Waals surface area contributed by atoms with Gasteiger partial charge in [-0.25, -0.2) is 0 Å². The fraction of sp³-hybridized carbons (Fsp3) is 0. The molecule has 0 saturated heterocycles. The Morgan fingerprint density at radius 1 is 0.692 bits per heavy atom. The van der Waals surface area contributed by atoms with Crippen LogP contribution in [-0.4, -0.2) is 15.4 Å². The maximum atomic E-state index is 4.19. The summed E-state index contributed by atoms with van der Waals surface area (Å²) in [6.45, 7) is 0. The molecule has 0 radical (unpaired) electrons. The summed E-state index contributed by atoms with van der Waals surface area (Å²) in [6.07, 6.45) is 3.54. The summed E-state index contributed by atoms with van der Waals surface area (Å²) in [5, 5.41) is 0. The summed E-state index contributed by atoms with van der Waals surface area (Å²) >= 11 is 0. The Kier molecular flexibility index (Phi) is 3.11. The zero-order chi connectivity index (χ0) is 8.23. The molecule has 13 heavy (non-hydrogen) atoms. The zero-order valence-electron chi connectivity index (χ0n) is 7.01. The summed E-state index contributed by atoms with van der Waals surface area (Å²) in [5.41, 5.74) is 1.83. The lowest BCUT2D eigenvalue weighted by Crippen LogP contribution is -1.83. The highest BCUT2D eigenvalue weighted by atomic mass is 16.0. The summed E-state index contributed by atoms with van der Waals surface area (Å²) in [5.74, 6) is 0. The van der Waals surface area contributed by atoms with Gasteiger partial charge in [0.1, 0.15) is 0 Å². The van der Waals surface area contributed by atoms with Crippen molar-refractivity contribution in [3.63, 3.8) is 0 Å². The molecule has 2 rings (SSSR count). The molecule has 0 fully saturated rings. The molecule has 3 nitrogen and oxygen atoms in total. The Hall–Kier alpha value is -1.74. The largest absolute Gasteiger partial charge is 0.412 e. The van der Waals surface area contributed by atoms with Crippen molar-refractivity contribution in [3.05, 3.63) is 48.8 Å². The van der Waals surface area contributed by atoms with Crippen LogP contribution in [0.2, 0.25) is 0 Å². The number of hydrogen-bond acceptors (Lipinski definition) is 2. The number of pyridine rings is 2. The van der Waals surface area contributed by atoms with E-state index < -0.39 is 0 Å². The summed E-state index contributed by atoms with van der Waals surface area (Å²) in [4.78, 5) is 8.37. The summed E-state index contributed by atoms with van der Waals surface area (Å²) in [7, 11) is 0. The second kappa shape index (κ2) is 4.33. The van der Waals surface area contributed by atoms with Crippen molar-refractivity contribution < 1.29 is 5.48 Å². The van der Waals surface area contributed by atoms with Crippen LogP contribution < -0.4 is 0 Å². The number of nitrogens with zero attached hydrogens (tertiary/aromatic N) is 2. The monoisotopic (exact) mass is 174 g/mol. The first-order chi connectivity index (χ1) is 5.97. The van der Waals surface area contributed by atoms with Crippen LogP contribution in [0.1, 0.15) is 0 Å². The topological polar surface area (TPSA) is 57.3 Å². The molecular formula is C10H10N2O. The predicted molar refractivity (Wildman–Crippen MR) is 51.1 cm³/mol. The third-order valence-electron chi connectivity index (χ3n) is 1.59. The SMILES string of the molecule is O.c1ccc(-c2ccccn2)nc1.